The molecule has 0 radical (unpaired) electrons. The lowest BCUT2D eigenvalue weighted by atomic mass is 10.1. The van der Waals surface area contributed by atoms with Crippen molar-refractivity contribution in [2.24, 2.45) is 0 Å². The molecule has 1 N–H and O–H groups in total. The minimum Gasteiger partial charge on any atom is -0.497 e. The summed E-state index contributed by atoms with van der Waals surface area (Å²) >= 11 is 0. The molecule has 0 saturated carbocycles. The topological polar surface area (TPSA) is 56.8 Å². The second-order valence-electron chi connectivity index (χ2n) is 4.64. The lowest BCUT2D eigenvalue weighted by molar-refractivity contribution is 0.0937. The molecule has 0 bridgehead atoms. The number of rotatable bonds is 10. The van der Waals surface area contributed by atoms with Gasteiger partial charge in [-0.05, 0) is 25.0 Å². The molecule has 0 spiro atoms. The molecular weight excluding hydrogens is 270 g/mol. The SMILES string of the molecule is CCCCOCCCNC(=O)c1ccc(OC)cc1OC. The zero-order chi connectivity index (χ0) is 15.5. The van der Waals surface area contributed by atoms with Crippen LogP contribution in [0.1, 0.15) is 36.5 Å². The number of methoxy groups -OCH3 is 2. The van der Waals surface area contributed by atoms with Gasteiger partial charge in [0.1, 0.15) is 11.5 Å². The maximum absolute atomic E-state index is 12.1. The molecule has 0 unspecified atom stereocenters. The summed E-state index contributed by atoms with van der Waals surface area (Å²) in [5, 5.41) is 2.86. The highest BCUT2D eigenvalue weighted by atomic mass is 16.5. The third-order valence-electron chi connectivity index (χ3n) is 3.05. The van der Waals surface area contributed by atoms with Crippen molar-refractivity contribution >= 4 is 5.91 Å². The van der Waals surface area contributed by atoms with Gasteiger partial charge in [-0.15, -0.1) is 0 Å². The first kappa shape index (κ1) is 17.3. The summed E-state index contributed by atoms with van der Waals surface area (Å²) in [5.41, 5.74) is 0.505. The largest absolute Gasteiger partial charge is 0.497 e. The van der Waals surface area contributed by atoms with Crippen LogP contribution in [0.25, 0.3) is 0 Å². The molecule has 0 aliphatic rings. The molecular formula is C16H25NO4. The minimum atomic E-state index is -0.150. The van der Waals surface area contributed by atoms with E-state index in [1.165, 1.54) is 7.11 Å². The second-order valence-corrected chi connectivity index (χ2v) is 4.64. The van der Waals surface area contributed by atoms with Crippen molar-refractivity contribution in [3.05, 3.63) is 23.8 Å². The van der Waals surface area contributed by atoms with Crippen LogP contribution in [0.15, 0.2) is 18.2 Å². The Morgan fingerprint density at radius 3 is 2.57 bits per heavy atom. The molecule has 0 aliphatic carbocycles. The molecule has 5 nitrogen and oxygen atoms in total. The number of hydrogen-bond donors (Lipinski definition) is 1. The molecule has 0 aromatic heterocycles. The number of carbonyl (C=O) groups excluding carboxylic acids is 1. The monoisotopic (exact) mass is 295 g/mol. The average Bonchev–Trinajstić information content (AvgIpc) is 2.53. The number of amides is 1. The van der Waals surface area contributed by atoms with E-state index in [4.69, 9.17) is 14.2 Å². The van der Waals surface area contributed by atoms with E-state index in [9.17, 15) is 4.79 Å². The molecule has 118 valence electrons. The highest BCUT2D eigenvalue weighted by Gasteiger charge is 2.12. The van der Waals surface area contributed by atoms with Gasteiger partial charge in [0, 0.05) is 25.8 Å². The van der Waals surface area contributed by atoms with Crippen LogP contribution in [-0.4, -0.2) is 39.9 Å². The van der Waals surface area contributed by atoms with Gasteiger partial charge < -0.3 is 19.5 Å². The van der Waals surface area contributed by atoms with E-state index >= 15 is 0 Å². The highest BCUT2D eigenvalue weighted by molar-refractivity contribution is 5.97. The molecule has 1 amide bonds. The van der Waals surface area contributed by atoms with Gasteiger partial charge in [-0.2, -0.15) is 0 Å². The van der Waals surface area contributed by atoms with Crippen molar-refractivity contribution in [3.8, 4) is 11.5 Å². The molecule has 21 heavy (non-hydrogen) atoms. The van der Waals surface area contributed by atoms with Crippen molar-refractivity contribution in [1.29, 1.82) is 0 Å². The fourth-order valence-corrected chi connectivity index (χ4v) is 1.81. The van der Waals surface area contributed by atoms with Crippen LogP contribution in [0, 0.1) is 0 Å². The number of carbonyl (C=O) groups is 1. The van der Waals surface area contributed by atoms with Gasteiger partial charge in [-0.1, -0.05) is 13.3 Å². The molecule has 1 aromatic carbocycles. The summed E-state index contributed by atoms with van der Waals surface area (Å²) in [4.78, 5) is 12.1. The van der Waals surface area contributed by atoms with E-state index < -0.39 is 0 Å². The fourth-order valence-electron chi connectivity index (χ4n) is 1.81. The van der Waals surface area contributed by atoms with Gasteiger partial charge in [-0.25, -0.2) is 0 Å². The van der Waals surface area contributed by atoms with Gasteiger partial charge in [0.2, 0.25) is 0 Å². The van der Waals surface area contributed by atoms with Crippen LogP contribution >= 0.6 is 0 Å². The smallest absolute Gasteiger partial charge is 0.255 e. The first-order chi connectivity index (χ1) is 10.2. The number of benzene rings is 1. The Morgan fingerprint density at radius 2 is 1.90 bits per heavy atom. The quantitative estimate of drug-likeness (QED) is 0.674. The third kappa shape index (κ3) is 6.04. The predicted molar refractivity (Wildman–Crippen MR) is 82.2 cm³/mol. The summed E-state index contributed by atoms with van der Waals surface area (Å²) in [7, 11) is 3.11. The van der Waals surface area contributed by atoms with E-state index in [-0.39, 0.29) is 5.91 Å². The Labute approximate surface area is 126 Å². The van der Waals surface area contributed by atoms with Gasteiger partial charge in [0.05, 0.1) is 19.8 Å². The Morgan fingerprint density at radius 1 is 1.14 bits per heavy atom. The van der Waals surface area contributed by atoms with Crippen molar-refractivity contribution < 1.29 is 19.0 Å². The standard InChI is InChI=1S/C16H25NO4/c1-4-5-10-21-11-6-9-17-16(18)14-8-7-13(19-2)12-15(14)20-3/h7-8,12H,4-6,9-11H2,1-3H3,(H,17,18). The molecule has 0 fully saturated rings. The van der Waals surface area contributed by atoms with Gasteiger partial charge in [-0.3, -0.25) is 4.79 Å². The molecule has 0 atom stereocenters. The second kappa shape index (κ2) is 10.0. The van der Waals surface area contributed by atoms with E-state index in [1.54, 1.807) is 25.3 Å². The van der Waals surface area contributed by atoms with Gasteiger partial charge in [0.25, 0.3) is 5.91 Å². The van der Waals surface area contributed by atoms with Crippen molar-refractivity contribution in [3.63, 3.8) is 0 Å². The number of unbranched alkanes of at least 4 members (excludes halogenated alkanes) is 1. The van der Waals surface area contributed by atoms with E-state index in [0.717, 1.165) is 25.9 Å². The van der Waals surface area contributed by atoms with Crippen molar-refractivity contribution in [1.82, 2.24) is 5.32 Å². The van der Waals surface area contributed by atoms with Crippen LogP contribution in [0.2, 0.25) is 0 Å². The predicted octanol–water partition coefficient (Wildman–Crippen LogP) is 2.64. The van der Waals surface area contributed by atoms with Crippen molar-refractivity contribution in [2.75, 3.05) is 34.0 Å². The highest BCUT2D eigenvalue weighted by Crippen LogP contribution is 2.24. The molecule has 1 rings (SSSR count). The lowest BCUT2D eigenvalue weighted by Crippen LogP contribution is -2.25. The maximum atomic E-state index is 12.1. The molecule has 0 heterocycles. The Bertz CT molecular complexity index is 434. The van der Waals surface area contributed by atoms with E-state index in [1.807, 2.05) is 0 Å². The van der Waals surface area contributed by atoms with Crippen LogP contribution in [0.3, 0.4) is 0 Å². The van der Waals surface area contributed by atoms with Gasteiger partial charge in [0.15, 0.2) is 0 Å². The first-order valence-corrected chi connectivity index (χ1v) is 7.30. The summed E-state index contributed by atoms with van der Waals surface area (Å²) < 4.78 is 15.8. The molecule has 5 heteroatoms. The Hall–Kier alpha value is -1.75. The summed E-state index contributed by atoms with van der Waals surface area (Å²) in [6.45, 7) is 4.17. The average molecular weight is 295 g/mol. The molecule has 0 aliphatic heterocycles. The zero-order valence-electron chi connectivity index (χ0n) is 13.1. The normalized spacial score (nSPS) is 10.2. The minimum absolute atomic E-state index is 0.150. The molecule has 0 saturated heterocycles. The molecule has 1 aromatic rings. The third-order valence-corrected chi connectivity index (χ3v) is 3.05. The van der Waals surface area contributed by atoms with E-state index in [2.05, 4.69) is 12.2 Å². The fraction of sp³-hybridized carbons (Fsp3) is 0.562. The number of ether oxygens (including phenoxy) is 3. The zero-order valence-corrected chi connectivity index (χ0v) is 13.1. The Balaban J connectivity index is 2.38. The number of nitrogens with one attached hydrogen (secondary N) is 1. The maximum Gasteiger partial charge on any atom is 0.255 e. The Kier molecular flexibility index (Phi) is 8.28. The summed E-state index contributed by atoms with van der Waals surface area (Å²) in [6, 6.07) is 5.14. The van der Waals surface area contributed by atoms with Gasteiger partial charge >= 0.3 is 0 Å². The summed E-state index contributed by atoms with van der Waals surface area (Å²) in [6.07, 6.45) is 3.01. The first-order valence-electron chi connectivity index (χ1n) is 7.30. The van der Waals surface area contributed by atoms with Crippen LogP contribution < -0.4 is 14.8 Å². The van der Waals surface area contributed by atoms with Crippen LogP contribution in [0.5, 0.6) is 11.5 Å². The lowest BCUT2D eigenvalue weighted by Gasteiger charge is -2.11. The number of hydrogen-bond acceptors (Lipinski definition) is 4. The van der Waals surface area contributed by atoms with Crippen LogP contribution in [0.4, 0.5) is 0 Å². The summed E-state index contributed by atoms with van der Waals surface area (Å²) in [5.74, 6) is 1.02. The van der Waals surface area contributed by atoms with Crippen molar-refractivity contribution in [2.45, 2.75) is 26.2 Å². The van der Waals surface area contributed by atoms with Crippen LogP contribution in [-0.2, 0) is 4.74 Å². The van der Waals surface area contributed by atoms with E-state index in [0.29, 0.717) is 30.2 Å².